The largest absolute Gasteiger partial charge is 0.385 e. The van der Waals surface area contributed by atoms with Gasteiger partial charge in [0.05, 0.1) is 0 Å². The third kappa shape index (κ3) is 1.06. The molecule has 1 fully saturated rings. The molecule has 14 heavy (non-hydrogen) atoms. The number of nitrogens with zero attached hydrogens (tertiary/aromatic N) is 2. The fraction of sp³-hybridized carbons (Fsp3) is 0.800. The Morgan fingerprint density at radius 2 is 2.29 bits per heavy atom. The summed E-state index contributed by atoms with van der Waals surface area (Å²) in [5.74, 6) is 1.20. The molecule has 2 N–H and O–H groups in total. The van der Waals surface area contributed by atoms with E-state index >= 15 is 0 Å². The number of amidine groups is 1. The number of nitrogens with two attached hydrogens (primary N) is 1. The Bertz CT molecular complexity index is 292. The van der Waals surface area contributed by atoms with Crippen molar-refractivity contribution in [3.63, 3.8) is 0 Å². The number of amides is 2. The molecular formula is C10H17N3O. The summed E-state index contributed by atoms with van der Waals surface area (Å²) in [5, 5.41) is 0. The first kappa shape index (κ1) is 9.49. The van der Waals surface area contributed by atoms with Gasteiger partial charge in [-0.2, -0.15) is 4.99 Å². The van der Waals surface area contributed by atoms with Gasteiger partial charge in [-0.25, -0.2) is 4.79 Å². The molecule has 1 aliphatic carbocycles. The predicted octanol–water partition coefficient (Wildman–Crippen LogP) is 1.36. The molecule has 1 aliphatic heterocycles. The van der Waals surface area contributed by atoms with Gasteiger partial charge in [0.1, 0.15) is 11.4 Å². The number of hydrogen-bond acceptors (Lipinski definition) is 2. The maximum absolute atomic E-state index is 11.5. The average molecular weight is 195 g/mol. The number of carbonyl (C=O) groups is 1. The second kappa shape index (κ2) is 2.97. The smallest absolute Gasteiger partial charge is 0.346 e. The Morgan fingerprint density at radius 1 is 1.64 bits per heavy atom. The third-order valence-electron chi connectivity index (χ3n) is 3.26. The maximum atomic E-state index is 11.5. The van der Waals surface area contributed by atoms with E-state index in [9.17, 15) is 4.79 Å². The van der Waals surface area contributed by atoms with Crippen LogP contribution in [-0.4, -0.2) is 28.9 Å². The summed E-state index contributed by atoms with van der Waals surface area (Å²) in [6.45, 7) is 5.03. The van der Waals surface area contributed by atoms with Gasteiger partial charge in [-0.1, -0.05) is 13.8 Å². The zero-order valence-electron chi connectivity index (χ0n) is 8.79. The lowest BCUT2D eigenvalue weighted by Gasteiger charge is -2.48. The van der Waals surface area contributed by atoms with Crippen molar-refractivity contribution < 1.29 is 4.79 Å². The van der Waals surface area contributed by atoms with E-state index in [1.54, 1.807) is 0 Å². The molecule has 0 atom stereocenters. The van der Waals surface area contributed by atoms with Gasteiger partial charge in [-0.15, -0.1) is 0 Å². The van der Waals surface area contributed by atoms with E-state index in [2.05, 4.69) is 18.8 Å². The molecule has 0 unspecified atom stereocenters. The van der Waals surface area contributed by atoms with Crippen molar-refractivity contribution in [2.75, 3.05) is 6.54 Å². The predicted molar refractivity (Wildman–Crippen MR) is 55.1 cm³/mol. The normalized spacial score (nSPS) is 36.1. The molecule has 0 aromatic rings. The minimum absolute atomic E-state index is 0.142. The van der Waals surface area contributed by atoms with Crippen LogP contribution in [-0.2, 0) is 0 Å². The van der Waals surface area contributed by atoms with Crippen LogP contribution in [0, 0.1) is 5.92 Å². The molecule has 2 amide bonds. The Balaban J connectivity index is 2.21. The van der Waals surface area contributed by atoms with E-state index < -0.39 is 0 Å². The highest BCUT2D eigenvalue weighted by molar-refractivity contribution is 6.06. The van der Waals surface area contributed by atoms with Crippen molar-refractivity contribution in [3.8, 4) is 0 Å². The molecule has 1 heterocycles. The second-order valence-corrected chi connectivity index (χ2v) is 4.48. The molecule has 2 rings (SSSR count). The monoisotopic (exact) mass is 195 g/mol. The summed E-state index contributed by atoms with van der Waals surface area (Å²) in [6, 6.07) is -0.142. The Morgan fingerprint density at radius 3 is 2.79 bits per heavy atom. The highest BCUT2D eigenvalue weighted by Gasteiger charge is 2.55. The lowest BCUT2D eigenvalue weighted by molar-refractivity contribution is 0.0765. The lowest BCUT2D eigenvalue weighted by Crippen LogP contribution is -2.61. The molecule has 0 bridgehead atoms. The summed E-state index contributed by atoms with van der Waals surface area (Å²) < 4.78 is 0. The van der Waals surface area contributed by atoms with Crippen molar-refractivity contribution in [2.45, 2.75) is 38.6 Å². The zero-order chi connectivity index (χ0) is 10.3. The zero-order valence-corrected chi connectivity index (χ0v) is 8.79. The van der Waals surface area contributed by atoms with Gasteiger partial charge in [-0.3, -0.25) is 0 Å². The number of aliphatic imine (C=N–C) groups is 1. The van der Waals surface area contributed by atoms with Gasteiger partial charge in [0.15, 0.2) is 0 Å². The molecule has 0 radical (unpaired) electrons. The van der Waals surface area contributed by atoms with E-state index in [0.29, 0.717) is 11.8 Å². The average Bonchev–Trinajstić information content (AvgIpc) is 2.29. The molecule has 0 aromatic heterocycles. The van der Waals surface area contributed by atoms with Gasteiger partial charge in [0.2, 0.25) is 0 Å². The van der Waals surface area contributed by atoms with Crippen LogP contribution in [0.15, 0.2) is 4.99 Å². The maximum Gasteiger partial charge on any atom is 0.346 e. The molecular weight excluding hydrogens is 178 g/mol. The summed E-state index contributed by atoms with van der Waals surface area (Å²) in [4.78, 5) is 17.3. The molecule has 4 heteroatoms. The number of carbonyl (C=O) groups excluding carboxylic acids is 1. The van der Waals surface area contributed by atoms with Crippen LogP contribution in [0.2, 0.25) is 0 Å². The minimum atomic E-state index is -0.202. The van der Waals surface area contributed by atoms with Crippen molar-refractivity contribution >= 4 is 11.9 Å². The van der Waals surface area contributed by atoms with E-state index in [-0.39, 0.29) is 11.6 Å². The number of hydrogen-bond donors (Lipinski definition) is 1. The first-order chi connectivity index (χ1) is 6.60. The second-order valence-electron chi connectivity index (χ2n) is 4.48. The molecule has 1 saturated carbocycles. The van der Waals surface area contributed by atoms with Crippen LogP contribution in [0.5, 0.6) is 0 Å². The quantitative estimate of drug-likeness (QED) is 0.723. The third-order valence-corrected chi connectivity index (χ3v) is 3.26. The van der Waals surface area contributed by atoms with Crippen molar-refractivity contribution in [3.05, 3.63) is 0 Å². The van der Waals surface area contributed by atoms with Crippen LogP contribution in [0.4, 0.5) is 4.79 Å². The van der Waals surface area contributed by atoms with Gasteiger partial charge in [-0.05, 0) is 25.2 Å². The lowest BCUT2D eigenvalue weighted by atomic mass is 9.68. The first-order valence-corrected chi connectivity index (χ1v) is 5.26. The standard InChI is InChI=1S/C10H17N3O/c1-3-4-13-9(14)12-8(11)10(13)5-7(2)6-10/h7H,3-6H2,1-2H3,(H2,11,12,14). The topological polar surface area (TPSA) is 58.7 Å². The highest BCUT2D eigenvalue weighted by Crippen LogP contribution is 2.45. The number of urea groups is 1. The van der Waals surface area contributed by atoms with Crippen molar-refractivity contribution in [1.82, 2.24) is 4.90 Å². The Hall–Kier alpha value is -1.06. The van der Waals surface area contributed by atoms with Crippen molar-refractivity contribution in [2.24, 2.45) is 16.6 Å². The number of rotatable bonds is 2. The van der Waals surface area contributed by atoms with Crippen LogP contribution in [0.3, 0.4) is 0 Å². The van der Waals surface area contributed by atoms with Crippen LogP contribution in [0.1, 0.15) is 33.1 Å². The molecule has 78 valence electrons. The van der Waals surface area contributed by atoms with E-state index in [0.717, 1.165) is 25.8 Å². The fourth-order valence-electron chi connectivity index (χ4n) is 2.64. The fourth-order valence-corrected chi connectivity index (χ4v) is 2.64. The minimum Gasteiger partial charge on any atom is -0.385 e. The van der Waals surface area contributed by atoms with Gasteiger partial charge in [0.25, 0.3) is 0 Å². The summed E-state index contributed by atoms with van der Waals surface area (Å²) in [5.41, 5.74) is 5.63. The molecule has 1 spiro atoms. The highest BCUT2D eigenvalue weighted by atomic mass is 16.2. The summed E-state index contributed by atoms with van der Waals surface area (Å²) in [7, 11) is 0. The van der Waals surface area contributed by atoms with Gasteiger partial charge in [0, 0.05) is 6.54 Å². The van der Waals surface area contributed by atoms with Gasteiger partial charge < -0.3 is 10.6 Å². The van der Waals surface area contributed by atoms with E-state index in [4.69, 9.17) is 5.73 Å². The Kier molecular flexibility index (Phi) is 2.01. The molecule has 0 aromatic carbocycles. The molecule has 2 aliphatic rings. The Labute approximate surface area is 84.2 Å². The van der Waals surface area contributed by atoms with Crippen LogP contribution >= 0.6 is 0 Å². The summed E-state index contributed by atoms with van der Waals surface area (Å²) >= 11 is 0. The summed E-state index contributed by atoms with van der Waals surface area (Å²) in [6.07, 6.45) is 2.92. The molecule has 4 nitrogen and oxygen atoms in total. The van der Waals surface area contributed by atoms with Crippen LogP contribution < -0.4 is 5.73 Å². The van der Waals surface area contributed by atoms with Gasteiger partial charge >= 0.3 is 6.03 Å². The van der Waals surface area contributed by atoms with E-state index in [1.807, 2.05) is 4.90 Å². The van der Waals surface area contributed by atoms with Crippen LogP contribution in [0.25, 0.3) is 0 Å². The SMILES string of the molecule is CCCN1C(=O)N=C(N)C12CC(C)C2. The van der Waals surface area contributed by atoms with Crippen molar-refractivity contribution in [1.29, 1.82) is 0 Å². The first-order valence-electron chi connectivity index (χ1n) is 5.26. The van der Waals surface area contributed by atoms with E-state index in [1.165, 1.54) is 0 Å². The molecule has 0 saturated heterocycles.